The first-order chi connectivity index (χ1) is 8.99. The van der Waals surface area contributed by atoms with E-state index in [1.807, 2.05) is 5.32 Å². The molecule has 0 atom stereocenters. The van der Waals surface area contributed by atoms with Crippen molar-refractivity contribution in [2.75, 3.05) is 5.32 Å². The van der Waals surface area contributed by atoms with Gasteiger partial charge in [-0.25, -0.2) is 13.2 Å². The Balaban J connectivity index is 2.29. The van der Waals surface area contributed by atoms with E-state index >= 15 is 0 Å². The third kappa shape index (κ3) is 2.65. The lowest BCUT2D eigenvalue weighted by Crippen LogP contribution is -2.16. The second-order valence-corrected chi connectivity index (χ2v) is 3.62. The van der Waals surface area contributed by atoms with E-state index in [1.165, 1.54) is 12.3 Å². The molecule has 2 aromatic rings. The van der Waals surface area contributed by atoms with Gasteiger partial charge in [-0.05, 0) is 18.2 Å². The maximum Gasteiger partial charge on any atom is 0.255 e. The molecule has 0 saturated heterocycles. The minimum atomic E-state index is -1.68. The third-order valence-corrected chi connectivity index (χ3v) is 2.32. The molecule has 0 aliphatic carbocycles. The van der Waals surface area contributed by atoms with Crippen LogP contribution in [-0.4, -0.2) is 10.9 Å². The zero-order chi connectivity index (χ0) is 14.0. The van der Waals surface area contributed by atoms with Crippen molar-refractivity contribution in [1.82, 2.24) is 4.98 Å². The highest BCUT2D eigenvalue weighted by molar-refractivity contribution is 6.04. The first-order valence-electron chi connectivity index (χ1n) is 5.12. The lowest BCUT2D eigenvalue weighted by Gasteiger charge is -2.06. The summed E-state index contributed by atoms with van der Waals surface area (Å²) in [5, 5.41) is 2.05. The summed E-state index contributed by atoms with van der Waals surface area (Å²) in [5.41, 5.74) is -1.06. The number of H-pyrrole nitrogens is 1. The molecular weight excluding hydrogens is 261 g/mol. The van der Waals surface area contributed by atoms with Gasteiger partial charge < -0.3 is 10.3 Å². The largest absolute Gasteiger partial charge is 0.329 e. The number of hydrogen-bond donors (Lipinski definition) is 2. The number of anilines is 1. The first-order valence-corrected chi connectivity index (χ1v) is 5.12. The lowest BCUT2D eigenvalue weighted by atomic mass is 10.2. The Labute approximate surface area is 104 Å². The summed E-state index contributed by atoms with van der Waals surface area (Å²) in [6, 6.07) is 3.85. The number of nitrogens with one attached hydrogen (secondary N) is 2. The second kappa shape index (κ2) is 4.97. The predicted molar refractivity (Wildman–Crippen MR) is 61.3 cm³/mol. The molecule has 0 aliphatic rings. The van der Waals surface area contributed by atoms with E-state index in [-0.39, 0.29) is 5.56 Å². The molecule has 0 unspecified atom stereocenters. The molecule has 4 nitrogen and oxygen atoms in total. The number of rotatable bonds is 2. The fraction of sp³-hybridized carbons (Fsp3) is 0. The van der Waals surface area contributed by atoms with Crippen LogP contribution in [0, 0.1) is 17.5 Å². The van der Waals surface area contributed by atoms with Crippen LogP contribution in [0.4, 0.5) is 18.9 Å². The van der Waals surface area contributed by atoms with Gasteiger partial charge in [-0.15, -0.1) is 0 Å². The van der Waals surface area contributed by atoms with E-state index < -0.39 is 34.6 Å². The van der Waals surface area contributed by atoms with Crippen LogP contribution in [0.25, 0.3) is 0 Å². The molecular formula is C12H7F3N2O2. The van der Waals surface area contributed by atoms with Gasteiger partial charge in [0.25, 0.3) is 5.91 Å². The van der Waals surface area contributed by atoms with Crippen LogP contribution in [0.2, 0.25) is 0 Å². The van der Waals surface area contributed by atoms with Crippen LogP contribution in [-0.2, 0) is 0 Å². The topological polar surface area (TPSA) is 62.0 Å². The highest BCUT2D eigenvalue weighted by atomic mass is 19.2. The Morgan fingerprint density at radius 2 is 1.84 bits per heavy atom. The minimum absolute atomic E-state index is 0.0344. The number of carbonyl (C=O) groups excluding carboxylic acids is 1. The maximum atomic E-state index is 13.3. The smallest absolute Gasteiger partial charge is 0.255 e. The number of aromatic nitrogens is 1. The molecule has 0 bridgehead atoms. The molecule has 1 aromatic carbocycles. The summed E-state index contributed by atoms with van der Waals surface area (Å²) >= 11 is 0. The number of pyridine rings is 1. The standard InChI is InChI=1S/C12H7F3N2O2/c13-7-1-2-8(11(15)10(7)14)17-12(19)6-3-4-16-9(18)5-6/h1-5H,(H,16,18)(H,17,19). The number of carbonyl (C=O) groups is 1. The van der Waals surface area contributed by atoms with Crippen molar-refractivity contribution in [3.05, 3.63) is 63.8 Å². The van der Waals surface area contributed by atoms with Crippen LogP contribution in [0.15, 0.2) is 35.3 Å². The van der Waals surface area contributed by atoms with Crippen molar-refractivity contribution >= 4 is 11.6 Å². The van der Waals surface area contributed by atoms with Gasteiger partial charge >= 0.3 is 0 Å². The molecule has 98 valence electrons. The third-order valence-electron chi connectivity index (χ3n) is 2.32. The Morgan fingerprint density at radius 1 is 1.11 bits per heavy atom. The van der Waals surface area contributed by atoms with Crippen molar-refractivity contribution in [1.29, 1.82) is 0 Å². The van der Waals surface area contributed by atoms with Gasteiger partial charge in [0.2, 0.25) is 5.56 Å². The van der Waals surface area contributed by atoms with Crippen LogP contribution in [0.3, 0.4) is 0 Å². The van der Waals surface area contributed by atoms with Gasteiger partial charge in [-0.2, -0.15) is 0 Å². The van der Waals surface area contributed by atoms with Crippen molar-refractivity contribution in [3.63, 3.8) is 0 Å². The molecule has 2 N–H and O–H groups in total. The second-order valence-electron chi connectivity index (χ2n) is 3.62. The zero-order valence-electron chi connectivity index (χ0n) is 9.34. The van der Waals surface area contributed by atoms with Crippen LogP contribution in [0.1, 0.15) is 10.4 Å². The maximum absolute atomic E-state index is 13.3. The lowest BCUT2D eigenvalue weighted by molar-refractivity contribution is 0.102. The van der Waals surface area contributed by atoms with Gasteiger partial charge in [0.1, 0.15) is 0 Å². The number of aromatic amines is 1. The molecule has 0 aliphatic heterocycles. The van der Waals surface area contributed by atoms with Crippen LogP contribution < -0.4 is 10.9 Å². The van der Waals surface area contributed by atoms with E-state index in [9.17, 15) is 22.8 Å². The predicted octanol–water partition coefficient (Wildman–Crippen LogP) is 2.04. The SMILES string of the molecule is O=C(Nc1ccc(F)c(F)c1F)c1cc[nH]c(=O)c1. The molecule has 0 saturated carbocycles. The summed E-state index contributed by atoms with van der Waals surface area (Å²) in [4.78, 5) is 25.0. The Hall–Kier alpha value is -2.57. The van der Waals surface area contributed by atoms with Crippen LogP contribution in [0.5, 0.6) is 0 Å². The average molecular weight is 268 g/mol. The molecule has 19 heavy (non-hydrogen) atoms. The molecule has 7 heteroatoms. The quantitative estimate of drug-likeness (QED) is 0.819. The molecule has 1 heterocycles. The summed E-state index contributed by atoms with van der Waals surface area (Å²) in [6.45, 7) is 0. The van der Waals surface area contributed by atoms with Crippen molar-refractivity contribution < 1.29 is 18.0 Å². The van der Waals surface area contributed by atoms with E-state index in [2.05, 4.69) is 4.98 Å². The highest BCUT2D eigenvalue weighted by Gasteiger charge is 2.16. The van der Waals surface area contributed by atoms with Crippen LogP contribution >= 0.6 is 0 Å². The molecule has 0 spiro atoms. The molecule has 0 radical (unpaired) electrons. The summed E-state index contributed by atoms with van der Waals surface area (Å²) in [5.74, 6) is -5.34. The van der Waals surface area contributed by atoms with E-state index in [4.69, 9.17) is 0 Å². The fourth-order valence-electron chi connectivity index (χ4n) is 1.40. The Bertz CT molecular complexity index is 698. The van der Waals surface area contributed by atoms with Crippen molar-refractivity contribution in [2.24, 2.45) is 0 Å². The first kappa shape index (κ1) is 12.9. The van der Waals surface area contributed by atoms with Gasteiger partial charge in [0.05, 0.1) is 5.69 Å². The van der Waals surface area contributed by atoms with E-state index in [0.717, 1.165) is 12.1 Å². The molecule has 1 aromatic heterocycles. The molecule has 0 fully saturated rings. The molecule has 1 amide bonds. The average Bonchev–Trinajstić information content (AvgIpc) is 2.39. The molecule has 2 rings (SSSR count). The van der Waals surface area contributed by atoms with Gasteiger partial charge in [-0.3, -0.25) is 9.59 Å². The number of halogens is 3. The number of benzene rings is 1. The van der Waals surface area contributed by atoms with Crippen molar-refractivity contribution in [3.8, 4) is 0 Å². The summed E-state index contributed by atoms with van der Waals surface area (Å²) in [6.07, 6.45) is 1.23. The minimum Gasteiger partial charge on any atom is -0.329 e. The summed E-state index contributed by atoms with van der Waals surface area (Å²) < 4.78 is 39.0. The van der Waals surface area contributed by atoms with E-state index in [1.54, 1.807) is 0 Å². The van der Waals surface area contributed by atoms with Crippen molar-refractivity contribution in [2.45, 2.75) is 0 Å². The zero-order valence-corrected chi connectivity index (χ0v) is 9.34. The fourth-order valence-corrected chi connectivity index (χ4v) is 1.40. The van der Waals surface area contributed by atoms with Gasteiger partial charge in [0, 0.05) is 17.8 Å². The number of hydrogen-bond acceptors (Lipinski definition) is 2. The highest BCUT2D eigenvalue weighted by Crippen LogP contribution is 2.20. The Kier molecular flexibility index (Phi) is 3.37. The Morgan fingerprint density at radius 3 is 2.53 bits per heavy atom. The summed E-state index contributed by atoms with van der Waals surface area (Å²) in [7, 11) is 0. The van der Waals surface area contributed by atoms with Gasteiger partial charge in [0.15, 0.2) is 17.5 Å². The number of amides is 1. The monoisotopic (exact) mass is 268 g/mol. The van der Waals surface area contributed by atoms with Gasteiger partial charge in [-0.1, -0.05) is 0 Å². The normalized spacial score (nSPS) is 10.3. The van der Waals surface area contributed by atoms with E-state index in [0.29, 0.717) is 6.07 Å².